The van der Waals surface area contributed by atoms with Gasteiger partial charge in [0.25, 0.3) is 0 Å². The summed E-state index contributed by atoms with van der Waals surface area (Å²) >= 11 is 1.44. The Hall–Kier alpha value is -1.42. The average Bonchev–Trinajstić information content (AvgIpc) is 2.45. The summed E-state index contributed by atoms with van der Waals surface area (Å²) < 4.78 is 0.789. The maximum atomic E-state index is 11.1. The number of benzene rings is 1. The standard InChI is InChI=1S/C11H11NO2S/c1-5-4-6(2)9-10(8(5)11(13)14)15-7(3)12-9/h4H,1-3H3,(H,13,14). The minimum absolute atomic E-state index is 0.390. The van der Waals surface area contributed by atoms with E-state index in [9.17, 15) is 4.79 Å². The number of hydrogen-bond donors (Lipinski definition) is 1. The summed E-state index contributed by atoms with van der Waals surface area (Å²) in [6.45, 7) is 5.68. The number of aryl methyl sites for hydroxylation is 3. The number of thiazole rings is 1. The molecule has 0 saturated carbocycles. The molecule has 0 unspecified atom stereocenters. The van der Waals surface area contributed by atoms with Gasteiger partial charge in [0.15, 0.2) is 0 Å². The highest BCUT2D eigenvalue weighted by molar-refractivity contribution is 7.19. The van der Waals surface area contributed by atoms with Crippen LogP contribution >= 0.6 is 11.3 Å². The lowest BCUT2D eigenvalue weighted by Gasteiger charge is -2.03. The van der Waals surface area contributed by atoms with Crippen molar-refractivity contribution >= 4 is 27.5 Å². The molecule has 0 spiro atoms. The number of carboxylic acids is 1. The summed E-state index contributed by atoms with van der Waals surface area (Å²) in [5.41, 5.74) is 3.05. The Balaban J connectivity index is 2.95. The van der Waals surface area contributed by atoms with E-state index in [0.29, 0.717) is 5.56 Å². The maximum Gasteiger partial charge on any atom is 0.337 e. The highest BCUT2D eigenvalue weighted by Gasteiger charge is 2.16. The van der Waals surface area contributed by atoms with Crippen LogP contribution in [0.2, 0.25) is 0 Å². The van der Waals surface area contributed by atoms with E-state index in [2.05, 4.69) is 4.98 Å². The fourth-order valence-electron chi connectivity index (χ4n) is 1.77. The summed E-state index contributed by atoms with van der Waals surface area (Å²) in [4.78, 5) is 15.5. The Morgan fingerprint density at radius 1 is 1.33 bits per heavy atom. The number of hydrogen-bond acceptors (Lipinski definition) is 3. The zero-order chi connectivity index (χ0) is 11.2. The quantitative estimate of drug-likeness (QED) is 0.805. The zero-order valence-corrected chi connectivity index (χ0v) is 9.60. The number of carboxylic acid groups (broad SMARTS) is 1. The summed E-state index contributed by atoms with van der Waals surface area (Å²) in [6, 6.07) is 1.88. The SMILES string of the molecule is Cc1nc2c(C)cc(C)c(C(=O)O)c2s1. The molecule has 1 aromatic carbocycles. The molecule has 0 atom stereocenters. The van der Waals surface area contributed by atoms with Crippen LogP contribution in [0.5, 0.6) is 0 Å². The lowest BCUT2D eigenvalue weighted by molar-refractivity contribution is 0.0698. The molecule has 0 saturated heterocycles. The number of nitrogens with zero attached hydrogens (tertiary/aromatic N) is 1. The minimum Gasteiger partial charge on any atom is -0.478 e. The van der Waals surface area contributed by atoms with E-state index in [1.54, 1.807) is 0 Å². The molecule has 1 aromatic heterocycles. The largest absolute Gasteiger partial charge is 0.478 e. The fraction of sp³-hybridized carbons (Fsp3) is 0.273. The second-order valence-corrected chi connectivity index (χ2v) is 4.80. The normalized spacial score (nSPS) is 10.9. The van der Waals surface area contributed by atoms with Crippen molar-refractivity contribution in [3.63, 3.8) is 0 Å². The second-order valence-electron chi connectivity index (χ2n) is 3.60. The Morgan fingerprint density at radius 3 is 2.60 bits per heavy atom. The van der Waals surface area contributed by atoms with Gasteiger partial charge in [-0.15, -0.1) is 11.3 Å². The van der Waals surface area contributed by atoms with Gasteiger partial charge in [-0.05, 0) is 31.9 Å². The fourth-order valence-corrected chi connectivity index (χ4v) is 2.86. The van der Waals surface area contributed by atoms with Crippen LogP contribution < -0.4 is 0 Å². The first-order chi connectivity index (χ1) is 7.00. The van der Waals surface area contributed by atoms with Crippen LogP contribution in [0.25, 0.3) is 10.2 Å². The molecule has 3 nitrogen and oxygen atoms in total. The molecule has 78 valence electrons. The summed E-state index contributed by atoms with van der Waals surface area (Å²) in [7, 11) is 0. The Labute approximate surface area is 91.4 Å². The Morgan fingerprint density at radius 2 is 2.00 bits per heavy atom. The van der Waals surface area contributed by atoms with Gasteiger partial charge in [-0.25, -0.2) is 9.78 Å². The molecule has 0 aliphatic heterocycles. The van der Waals surface area contributed by atoms with Crippen molar-refractivity contribution in [1.82, 2.24) is 4.98 Å². The molecule has 4 heteroatoms. The van der Waals surface area contributed by atoms with Crippen molar-refractivity contribution in [2.45, 2.75) is 20.8 Å². The molecule has 0 fully saturated rings. The van der Waals surface area contributed by atoms with Gasteiger partial charge in [0.2, 0.25) is 0 Å². The smallest absolute Gasteiger partial charge is 0.337 e. The van der Waals surface area contributed by atoms with Gasteiger partial charge in [-0.1, -0.05) is 6.07 Å². The molecule has 1 heterocycles. The molecule has 0 aliphatic carbocycles. The molecule has 1 N–H and O–H groups in total. The molecule has 0 aliphatic rings. The van der Waals surface area contributed by atoms with Gasteiger partial charge in [-0.2, -0.15) is 0 Å². The number of carbonyl (C=O) groups is 1. The first kappa shape index (κ1) is 10.1. The van der Waals surface area contributed by atoms with Gasteiger partial charge in [0.1, 0.15) is 0 Å². The van der Waals surface area contributed by atoms with Crippen molar-refractivity contribution in [2.75, 3.05) is 0 Å². The van der Waals surface area contributed by atoms with Crippen molar-refractivity contribution in [1.29, 1.82) is 0 Å². The van der Waals surface area contributed by atoms with Crippen LogP contribution in [0.1, 0.15) is 26.5 Å². The Kier molecular flexibility index (Phi) is 2.23. The third-order valence-corrected chi connectivity index (χ3v) is 3.36. The van der Waals surface area contributed by atoms with Crippen LogP contribution in [-0.4, -0.2) is 16.1 Å². The van der Waals surface area contributed by atoms with E-state index in [0.717, 1.165) is 26.4 Å². The van der Waals surface area contributed by atoms with Gasteiger partial charge in [0, 0.05) is 0 Å². The van der Waals surface area contributed by atoms with E-state index in [1.165, 1.54) is 11.3 Å². The molecule has 15 heavy (non-hydrogen) atoms. The molecule has 0 amide bonds. The number of aromatic nitrogens is 1. The summed E-state index contributed by atoms with van der Waals surface area (Å²) in [5.74, 6) is -0.874. The maximum absolute atomic E-state index is 11.1. The van der Waals surface area contributed by atoms with Crippen LogP contribution in [0, 0.1) is 20.8 Å². The van der Waals surface area contributed by atoms with Crippen molar-refractivity contribution in [3.05, 3.63) is 27.8 Å². The van der Waals surface area contributed by atoms with E-state index >= 15 is 0 Å². The minimum atomic E-state index is -0.874. The lowest BCUT2D eigenvalue weighted by atomic mass is 10.0. The van der Waals surface area contributed by atoms with Crippen LogP contribution in [0.3, 0.4) is 0 Å². The first-order valence-corrected chi connectivity index (χ1v) is 5.43. The molecular formula is C11H11NO2S. The predicted octanol–water partition coefficient (Wildman–Crippen LogP) is 2.92. The number of rotatable bonds is 1. The zero-order valence-electron chi connectivity index (χ0n) is 8.79. The topological polar surface area (TPSA) is 50.2 Å². The third kappa shape index (κ3) is 1.51. The molecule has 2 aromatic rings. The van der Waals surface area contributed by atoms with E-state index < -0.39 is 5.97 Å². The van der Waals surface area contributed by atoms with Crippen molar-refractivity contribution in [2.24, 2.45) is 0 Å². The van der Waals surface area contributed by atoms with Gasteiger partial charge < -0.3 is 5.11 Å². The van der Waals surface area contributed by atoms with E-state index in [1.807, 2.05) is 26.8 Å². The Bertz CT molecular complexity index is 557. The first-order valence-electron chi connectivity index (χ1n) is 4.61. The average molecular weight is 221 g/mol. The third-order valence-electron chi connectivity index (χ3n) is 2.38. The predicted molar refractivity (Wildman–Crippen MR) is 60.8 cm³/mol. The number of fused-ring (bicyclic) bond motifs is 1. The number of aromatic carboxylic acids is 1. The monoisotopic (exact) mass is 221 g/mol. The van der Waals surface area contributed by atoms with E-state index in [-0.39, 0.29) is 0 Å². The van der Waals surface area contributed by atoms with Crippen LogP contribution in [0.15, 0.2) is 6.07 Å². The highest BCUT2D eigenvalue weighted by Crippen LogP contribution is 2.30. The lowest BCUT2D eigenvalue weighted by Crippen LogP contribution is -2.00. The molecule has 2 rings (SSSR count). The van der Waals surface area contributed by atoms with Crippen LogP contribution in [0.4, 0.5) is 0 Å². The van der Waals surface area contributed by atoms with Crippen molar-refractivity contribution in [3.8, 4) is 0 Å². The van der Waals surface area contributed by atoms with Gasteiger partial charge >= 0.3 is 5.97 Å². The van der Waals surface area contributed by atoms with Gasteiger partial charge in [-0.3, -0.25) is 0 Å². The van der Waals surface area contributed by atoms with E-state index in [4.69, 9.17) is 5.11 Å². The molecular weight excluding hydrogens is 210 g/mol. The molecule has 0 radical (unpaired) electrons. The summed E-state index contributed by atoms with van der Waals surface area (Å²) in [5, 5.41) is 10.0. The van der Waals surface area contributed by atoms with Crippen LogP contribution in [-0.2, 0) is 0 Å². The van der Waals surface area contributed by atoms with Gasteiger partial charge in [0.05, 0.1) is 20.8 Å². The molecule has 0 bridgehead atoms. The van der Waals surface area contributed by atoms with Crippen molar-refractivity contribution < 1.29 is 9.90 Å². The highest BCUT2D eigenvalue weighted by atomic mass is 32.1. The summed E-state index contributed by atoms with van der Waals surface area (Å²) in [6.07, 6.45) is 0. The second kappa shape index (κ2) is 3.31.